The van der Waals surface area contributed by atoms with Crippen molar-refractivity contribution in [3.63, 3.8) is 0 Å². The van der Waals surface area contributed by atoms with Crippen molar-refractivity contribution in [2.24, 2.45) is 0 Å². The second kappa shape index (κ2) is 9.95. The topological polar surface area (TPSA) is 51.8 Å². The standard InChI is InChI=1S/C41H23N3OSe/c1-2-8-25(9-3-1)39-42-40(44-41(43-39)28-18-20-31-30-10-4-6-12-34(30)45-35(31)23-28)27-17-19-29-26(22-27)15-14-24-16-21-33-32-11-5-7-13-36(32)46-38(33)37(24)29/h1-23H. The van der Waals surface area contributed by atoms with Gasteiger partial charge in [-0.05, 0) is 6.07 Å². The maximum absolute atomic E-state index is 6.21. The number of aromatic nitrogens is 3. The summed E-state index contributed by atoms with van der Waals surface area (Å²) < 4.78 is 9.14. The van der Waals surface area contributed by atoms with Gasteiger partial charge in [0.25, 0.3) is 0 Å². The van der Waals surface area contributed by atoms with Gasteiger partial charge in [-0.2, -0.15) is 0 Å². The third-order valence-electron chi connectivity index (χ3n) is 8.91. The maximum atomic E-state index is 6.21. The van der Waals surface area contributed by atoms with Crippen molar-refractivity contribution in [3.05, 3.63) is 140 Å². The Balaban J connectivity index is 1.17. The molecule has 0 aliphatic heterocycles. The Bertz CT molecular complexity index is 2820. The summed E-state index contributed by atoms with van der Waals surface area (Å²) in [6.45, 7) is 0. The van der Waals surface area contributed by atoms with Crippen molar-refractivity contribution < 1.29 is 4.42 Å². The van der Waals surface area contributed by atoms with Gasteiger partial charge in [-0.25, -0.2) is 0 Å². The van der Waals surface area contributed by atoms with E-state index in [2.05, 4.69) is 84.9 Å². The number of rotatable bonds is 3. The fourth-order valence-electron chi connectivity index (χ4n) is 6.68. The SMILES string of the molecule is c1ccc(-c2nc(-c3ccc4c(ccc5ccc6c7ccccc7[se]c6c54)c3)nc(-c3ccc4c(c3)oc3ccccc34)n2)cc1. The molecule has 0 saturated carbocycles. The molecule has 0 bridgehead atoms. The second-order valence-corrected chi connectivity index (χ2v) is 13.8. The number of nitrogens with zero attached hydrogens (tertiary/aromatic N) is 3. The van der Waals surface area contributed by atoms with Crippen LogP contribution in [0.15, 0.2) is 144 Å². The van der Waals surface area contributed by atoms with Gasteiger partial charge < -0.3 is 4.42 Å². The van der Waals surface area contributed by atoms with E-state index in [1.807, 2.05) is 54.6 Å². The summed E-state index contributed by atoms with van der Waals surface area (Å²) in [5, 5.41) is 10.0. The summed E-state index contributed by atoms with van der Waals surface area (Å²) in [7, 11) is 0. The van der Waals surface area contributed by atoms with Crippen molar-refractivity contribution >= 4 is 77.3 Å². The van der Waals surface area contributed by atoms with Crippen LogP contribution in [0.3, 0.4) is 0 Å². The average Bonchev–Trinajstić information content (AvgIpc) is 3.69. The molecule has 4 nitrogen and oxygen atoms in total. The van der Waals surface area contributed by atoms with Crippen LogP contribution in [0.1, 0.15) is 0 Å². The summed E-state index contributed by atoms with van der Waals surface area (Å²) >= 11 is 0.271. The molecular formula is C41H23N3OSe. The number of para-hydroxylation sites is 1. The molecule has 0 unspecified atom stereocenters. The van der Waals surface area contributed by atoms with Crippen LogP contribution in [0.25, 0.3) is 96.9 Å². The van der Waals surface area contributed by atoms with Crippen LogP contribution in [0, 0.1) is 0 Å². The fourth-order valence-corrected chi connectivity index (χ4v) is 9.35. The van der Waals surface area contributed by atoms with Gasteiger partial charge in [0, 0.05) is 10.8 Å². The van der Waals surface area contributed by atoms with Crippen molar-refractivity contribution in [2.45, 2.75) is 0 Å². The molecule has 0 aliphatic rings. The summed E-state index contributed by atoms with van der Waals surface area (Å²) in [5.41, 5.74) is 4.47. The molecule has 5 heteroatoms. The van der Waals surface area contributed by atoms with E-state index in [1.165, 1.54) is 40.8 Å². The Morgan fingerprint density at radius 1 is 0.413 bits per heavy atom. The molecule has 0 atom stereocenters. The summed E-state index contributed by atoms with van der Waals surface area (Å²) in [5.74, 6) is 1.90. The molecule has 10 rings (SSSR count). The van der Waals surface area contributed by atoms with E-state index in [-0.39, 0.29) is 14.5 Å². The molecule has 10 aromatic rings. The van der Waals surface area contributed by atoms with Crippen LogP contribution in [0.2, 0.25) is 0 Å². The van der Waals surface area contributed by atoms with Gasteiger partial charge >= 0.3 is 219 Å². The van der Waals surface area contributed by atoms with Gasteiger partial charge in [0.1, 0.15) is 5.58 Å². The van der Waals surface area contributed by atoms with E-state index < -0.39 is 0 Å². The van der Waals surface area contributed by atoms with E-state index >= 15 is 0 Å². The third-order valence-corrected chi connectivity index (χ3v) is 11.4. The first-order chi connectivity index (χ1) is 22.8. The Labute approximate surface area is 269 Å². The van der Waals surface area contributed by atoms with Crippen molar-refractivity contribution in [1.82, 2.24) is 15.0 Å². The van der Waals surface area contributed by atoms with E-state index in [4.69, 9.17) is 19.4 Å². The predicted octanol–water partition coefficient (Wildman–Crippen LogP) is 10.4. The average molecular weight is 653 g/mol. The van der Waals surface area contributed by atoms with E-state index in [1.54, 1.807) is 0 Å². The molecule has 0 radical (unpaired) electrons. The molecule has 0 fully saturated rings. The fraction of sp³-hybridized carbons (Fsp3) is 0. The van der Waals surface area contributed by atoms with E-state index in [9.17, 15) is 0 Å². The predicted molar refractivity (Wildman–Crippen MR) is 190 cm³/mol. The molecule has 3 heterocycles. The van der Waals surface area contributed by atoms with Crippen LogP contribution < -0.4 is 0 Å². The molecule has 214 valence electrons. The Hall–Kier alpha value is -5.61. The van der Waals surface area contributed by atoms with Crippen LogP contribution >= 0.6 is 0 Å². The van der Waals surface area contributed by atoms with Crippen LogP contribution in [0.4, 0.5) is 0 Å². The number of furan rings is 1. The normalized spacial score (nSPS) is 11.9. The van der Waals surface area contributed by atoms with Gasteiger partial charge in [-0.15, -0.1) is 0 Å². The Kier molecular flexibility index (Phi) is 5.56. The number of hydrogen-bond donors (Lipinski definition) is 0. The zero-order valence-corrected chi connectivity index (χ0v) is 26.2. The van der Waals surface area contributed by atoms with Gasteiger partial charge in [0.05, 0.1) is 0 Å². The van der Waals surface area contributed by atoms with Crippen LogP contribution in [0.5, 0.6) is 0 Å². The summed E-state index contributed by atoms with van der Waals surface area (Å²) in [6, 6.07) is 48.9. The number of benzene rings is 7. The van der Waals surface area contributed by atoms with Gasteiger partial charge in [-0.3, -0.25) is 0 Å². The third kappa shape index (κ3) is 3.96. The minimum absolute atomic E-state index is 0.271. The Morgan fingerprint density at radius 3 is 1.87 bits per heavy atom. The molecule has 46 heavy (non-hydrogen) atoms. The quantitative estimate of drug-likeness (QED) is 0.141. The van der Waals surface area contributed by atoms with Crippen LogP contribution in [-0.2, 0) is 0 Å². The monoisotopic (exact) mass is 653 g/mol. The molecule has 0 saturated heterocycles. The summed E-state index contributed by atoms with van der Waals surface area (Å²) in [4.78, 5) is 15.0. The number of fused-ring (bicyclic) bond motifs is 10. The van der Waals surface area contributed by atoms with Crippen molar-refractivity contribution in [1.29, 1.82) is 0 Å². The second-order valence-electron chi connectivity index (χ2n) is 11.6. The Morgan fingerprint density at radius 2 is 1.02 bits per heavy atom. The van der Waals surface area contributed by atoms with Crippen LogP contribution in [-0.4, -0.2) is 29.5 Å². The van der Waals surface area contributed by atoms with E-state index in [0.29, 0.717) is 17.5 Å². The number of hydrogen-bond acceptors (Lipinski definition) is 4. The van der Waals surface area contributed by atoms with Gasteiger partial charge in [-0.1, -0.05) is 24.3 Å². The first kappa shape index (κ1) is 25.7. The first-order valence-corrected chi connectivity index (χ1v) is 17.0. The zero-order valence-electron chi connectivity index (χ0n) is 24.4. The molecular weight excluding hydrogens is 629 g/mol. The molecule has 3 aromatic heterocycles. The minimum atomic E-state index is 0.271. The zero-order chi connectivity index (χ0) is 30.2. The van der Waals surface area contributed by atoms with Gasteiger partial charge in [0.2, 0.25) is 0 Å². The molecule has 0 spiro atoms. The van der Waals surface area contributed by atoms with Crippen molar-refractivity contribution in [2.75, 3.05) is 0 Å². The van der Waals surface area contributed by atoms with Crippen molar-refractivity contribution in [3.8, 4) is 34.2 Å². The summed E-state index contributed by atoms with van der Waals surface area (Å²) in [6.07, 6.45) is 0. The molecule has 0 aliphatic carbocycles. The molecule has 7 aromatic carbocycles. The van der Waals surface area contributed by atoms with Gasteiger partial charge in [0.15, 0.2) is 0 Å². The first-order valence-electron chi connectivity index (χ1n) is 15.3. The molecule has 0 N–H and O–H groups in total. The molecule has 0 amide bonds. The van der Waals surface area contributed by atoms with E-state index in [0.717, 1.165) is 38.6 Å².